The molecule has 7 nitrogen and oxygen atoms in total. The summed E-state index contributed by atoms with van der Waals surface area (Å²) in [5, 5.41) is 14.7. The van der Waals surface area contributed by atoms with Gasteiger partial charge in [-0.3, -0.25) is 14.9 Å². The van der Waals surface area contributed by atoms with Gasteiger partial charge in [0.25, 0.3) is 5.69 Å². The number of halogens is 2. The Morgan fingerprint density at radius 3 is 2.48 bits per heavy atom. The smallest absolute Gasteiger partial charge is 0.274 e. The van der Waals surface area contributed by atoms with Crippen LogP contribution in [0.3, 0.4) is 0 Å². The number of nitro groups is 1. The maximum Gasteiger partial charge on any atom is 0.274 e. The van der Waals surface area contributed by atoms with E-state index < -0.39 is 10.8 Å². The van der Waals surface area contributed by atoms with Crippen molar-refractivity contribution >= 4 is 46.6 Å². The molecule has 0 aromatic heterocycles. The molecule has 0 heterocycles. The van der Waals surface area contributed by atoms with Gasteiger partial charge in [0, 0.05) is 39.0 Å². The minimum absolute atomic E-state index is 0.0600. The quantitative estimate of drug-likeness (QED) is 0.224. The van der Waals surface area contributed by atoms with E-state index in [9.17, 15) is 14.9 Å². The molecule has 170 valence electrons. The Kier molecular flexibility index (Phi) is 7.92. The molecule has 0 spiro atoms. The third kappa shape index (κ3) is 6.25. The summed E-state index contributed by atoms with van der Waals surface area (Å²) in [4.78, 5) is 22.8. The highest BCUT2D eigenvalue weighted by molar-refractivity contribution is 6.35. The summed E-state index contributed by atoms with van der Waals surface area (Å²) in [6.45, 7) is 1.79. The number of benzene rings is 3. The fraction of sp³-hybridized carbons (Fsp3) is 0.125. The summed E-state index contributed by atoms with van der Waals surface area (Å²) in [5.41, 5.74) is 2.15. The van der Waals surface area contributed by atoms with Crippen molar-refractivity contribution in [2.45, 2.75) is 13.5 Å². The van der Waals surface area contributed by atoms with Gasteiger partial charge in [-0.15, -0.1) is 0 Å². The van der Waals surface area contributed by atoms with Crippen LogP contribution in [0.5, 0.6) is 11.5 Å². The van der Waals surface area contributed by atoms with Crippen molar-refractivity contribution < 1.29 is 19.2 Å². The highest BCUT2D eigenvalue weighted by atomic mass is 35.5. The fourth-order valence-corrected chi connectivity index (χ4v) is 3.47. The zero-order valence-corrected chi connectivity index (χ0v) is 19.3. The van der Waals surface area contributed by atoms with Crippen LogP contribution >= 0.6 is 23.2 Å². The number of hydrogen-bond acceptors (Lipinski definition) is 5. The molecule has 3 rings (SSSR count). The first-order chi connectivity index (χ1) is 15.8. The maximum atomic E-state index is 12.2. The predicted octanol–water partition coefficient (Wildman–Crippen LogP) is 6.45. The Morgan fingerprint density at radius 1 is 1.09 bits per heavy atom. The number of carbonyl (C=O) groups is 1. The molecule has 0 fully saturated rings. The average Bonchev–Trinajstić information content (AvgIpc) is 2.78. The van der Waals surface area contributed by atoms with Crippen LogP contribution in [0.15, 0.2) is 60.7 Å². The van der Waals surface area contributed by atoms with E-state index in [4.69, 9.17) is 32.7 Å². The third-order valence-corrected chi connectivity index (χ3v) is 5.43. The number of hydrogen-bond donors (Lipinski definition) is 1. The second-order valence-corrected chi connectivity index (χ2v) is 7.79. The number of nitro benzene ring substituents is 1. The lowest BCUT2D eigenvalue weighted by Crippen LogP contribution is -2.08. The molecule has 9 heteroatoms. The number of aryl methyl sites for hydroxylation is 1. The van der Waals surface area contributed by atoms with E-state index in [1.807, 2.05) is 0 Å². The Morgan fingerprint density at radius 2 is 1.82 bits per heavy atom. The third-order valence-electron chi connectivity index (χ3n) is 4.72. The van der Waals surface area contributed by atoms with Crippen molar-refractivity contribution in [2.24, 2.45) is 0 Å². The summed E-state index contributed by atoms with van der Waals surface area (Å²) < 4.78 is 11.2. The van der Waals surface area contributed by atoms with Crippen molar-refractivity contribution in [3.8, 4) is 11.5 Å². The van der Waals surface area contributed by atoms with E-state index in [1.165, 1.54) is 19.3 Å². The van der Waals surface area contributed by atoms with E-state index in [0.29, 0.717) is 43.9 Å². The number of nitrogens with zero attached hydrogens (tertiary/aromatic N) is 1. The minimum Gasteiger partial charge on any atom is -0.493 e. The summed E-state index contributed by atoms with van der Waals surface area (Å²) in [7, 11) is 1.51. The topological polar surface area (TPSA) is 90.7 Å². The van der Waals surface area contributed by atoms with Gasteiger partial charge >= 0.3 is 0 Å². The van der Waals surface area contributed by atoms with Gasteiger partial charge < -0.3 is 14.8 Å². The van der Waals surface area contributed by atoms with Crippen molar-refractivity contribution in [3.63, 3.8) is 0 Å². The van der Waals surface area contributed by atoms with Gasteiger partial charge in [-0.25, -0.2) is 0 Å². The van der Waals surface area contributed by atoms with Crippen molar-refractivity contribution in [1.82, 2.24) is 0 Å². The van der Waals surface area contributed by atoms with E-state index in [-0.39, 0.29) is 12.3 Å². The van der Waals surface area contributed by atoms with Crippen LogP contribution in [0.25, 0.3) is 6.08 Å². The zero-order chi connectivity index (χ0) is 24.0. The number of carbonyl (C=O) groups excluding carboxylic acids is 1. The maximum absolute atomic E-state index is 12.2. The molecule has 0 radical (unpaired) electrons. The van der Waals surface area contributed by atoms with Crippen LogP contribution < -0.4 is 14.8 Å². The number of rotatable bonds is 8. The number of anilines is 1. The average molecular weight is 487 g/mol. The molecule has 0 atom stereocenters. The number of nitrogens with one attached hydrogen (secondary N) is 1. The van der Waals surface area contributed by atoms with Gasteiger partial charge in [0.2, 0.25) is 5.91 Å². The number of amides is 1. The standard InChI is InChI=1S/C24H20Cl2N2O5/c1-15-6-9-17(13-21(15)28(30)31)27-24(29)11-8-16-7-10-22(23(12-16)32-2)33-14-18-19(25)4-3-5-20(18)26/h3-13H,14H2,1-2H3,(H,27,29)/b11-8+. The molecule has 0 saturated heterocycles. The SMILES string of the molecule is COc1cc(/C=C/C(=O)Nc2ccc(C)c([N+](=O)[O-])c2)ccc1OCc1c(Cl)cccc1Cl. The molecule has 0 aliphatic heterocycles. The fourth-order valence-electron chi connectivity index (χ4n) is 2.97. The Bertz CT molecular complexity index is 1210. The van der Waals surface area contributed by atoms with Gasteiger partial charge in [0.15, 0.2) is 11.5 Å². The molecule has 0 unspecified atom stereocenters. The van der Waals surface area contributed by atoms with Crippen LogP contribution in [0.2, 0.25) is 10.0 Å². The molecular formula is C24H20Cl2N2O5. The first-order valence-corrected chi connectivity index (χ1v) is 10.5. The van der Waals surface area contributed by atoms with E-state index in [0.717, 1.165) is 0 Å². The van der Waals surface area contributed by atoms with Gasteiger partial charge in [0.05, 0.1) is 12.0 Å². The molecule has 33 heavy (non-hydrogen) atoms. The first kappa shape index (κ1) is 24.1. The Balaban J connectivity index is 1.68. The highest BCUT2D eigenvalue weighted by Crippen LogP contribution is 2.31. The summed E-state index contributed by atoms with van der Waals surface area (Å²) in [6, 6.07) is 14.9. The summed E-state index contributed by atoms with van der Waals surface area (Å²) >= 11 is 12.4. The van der Waals surface area contributed by atoms with Crippen LogP contribution in [0.4, 0.5) is 11.4 Å². The number of methoxy groups -OCH3 is 1. The molecule has 0 saturated carbocycles. The molecule has 3 aromatic carbocycles. The molecule has 1 amide bonds. The zero-order valence-electron chi connectivity index (χ0n) is 17.8. The Hall–Kier alpha value is -3.55. The molecule has 0 bridgehead atoms. The van der Waals surface area contributed by atoms with Gasteiger partial charge in [-0.1, -0.05) is 41.4 Å². The van der Waals surface area contributed by atoms with Crippen molar-refractivity contribution in [1.29, 1.82) is 0 Å². The molecule has 1 N–H and O–H groups in total. The Labute approximate surface area is 200 Å². The molecule has 0 aliphatic rings. The lowest BCUT2D eigenvalue weighted by Gasteiger charge is -2.13. The second kappa shape index (κ2) is 10.8. The minimum atomic E-state index is -0.490. The second-order valence-electron chi connectivity index (χ2n) is 6.98. The normalized spacial score (nSPS) is 10.8. The monoisotopic (exact) mass is 486 g/mol. The van der Waals surface area contributed by atoms with Crippen molar-refractivity contribution in [2.75, 3.05) is 12.4 Å². The van der Waals surface area contributed by atoms with Crippen molar-refractivity contribution in [3.05, 3.63) is 97.5 Å². The lowest BCUT2D eigenvalue weighted by atomic mass is 10.1. The van der Waals surface area contributed by atoms with Crippen LogP contribution in [0.1, 0.15) is 16.7 Å². The highest BCUT2D eigenvalue weighted by Gasteiger charge is 2.12. The molecular weight excluding hydrogens is 467 g/mol. The molecule has 3 aromatic rings. The molecule has 0 aliphatic carbocycles. The van der Waals surface area contributed by atoms with E-state index in [1.54, 1.807) is 61.5 Å². The van der Waals surface area contributed by atoms with Crippen LogP contribution in [-0.4, -0.2) is 17.9 Å². The lowest BCUT2D eigenvalue weighted by molar-refractivity contribution is -0.385. The van der Waals surface area contributed by atoms with Gasteiger partial charge in [-0.2, -0.15) is 0 Å². The number of ether oxygens (including phenoxy) is 2. The first-order valence-electron chi connectivity index (χ1n) is 9.76. The van der Waals surface area contributed by atoms with E-state index in [2.05, 4.69) is 5.32 Å². The summed E-state index contributed by atoms with van der Waals surface area (Å²) in [5.74, 6) is 0.526. The van der Waals surface area contributed by atoms with Crippen LogP contribution in [-0.2, 0) is 11.4 Å². The van der Waals surface area contributed by atoms with Gasteiger partial charge in [-0.05, 0) is 48.9 Å². The van der Waals surface area contributed by atoms with E-state index >= 15 is 0 Å². The van der Waals surface area contributed by atoms with Gasteiger partial charge in [0.1, 0.15) is 6.61 Å². The van der Waals surface area contributed by atoms with Crippen LogP contribution in [0, 0.1) is 17.0 Å². The summed E-state index contributed by atoms with van der Waals surface area (Å²) in [6.07, 6.45) is 2.92. The largest absolute Gasteiger partial charge is 0.493 e. The predicted molar refractivity (Wildman–Crippen MR) is 129 cm³/mol.